The Kier molecular flexibility index (Phi) is 7.64. The van der Waals surface area contributed by atoms with Crippen LogP contribution in [0.4, 0.5) is 11.5 Å². The first-order chi connectivity index (χ1) is 14.9. The molecular formula is C22H31N5O4. The second-order valence-corrected chi connectivity index (χ2v) is 7.96. The van der Waals surface area contributed by atoms with Crippen LogP contribution in [0.5, 0.6) is 0 Å². The molecule has 2 aromatic rings. The molecule has 0 saturated heterocycles. The van der Waals surface area contributed by atoms with Crippen LogP contribution in [0, 0.1) is 0 Å². The Morgan fingerprint density at radius 2 is 1.90 bits per heavy atom. The maximum atomic E-state index is 13.2. The van der Waals surface area contributed by atoms with Crippen LogP contribution >= 0.6 is 0 Å². The number of likely N-dealkylation sites (N-methyl/N-ethyl adjacent to an activating group) is 1. The molecule has 31 heavy (non-hydrogen) atoms. The molecule has 9 heteroatoms. The average Bonchev–Trinajstić information content (AvgIpc) is 3.29. The zero-order chi connectivity index (χ0) is 22.4. The van der Waals surface area contributed by atoms with Crippen molar-refractivity contribution in [3.8, 4) is 0 Å². The summed E-state index contributed by atoms with van der Waals surface area (Å²) in [7, 11) is 3.45. The minimum absolute atomic E-state index is 0.0163. The monoisotopic (exact) mass is 429 g/mol. The van der Waals surface area contributed by atoms with Crippen molar-refractivity contribution < 1.29 is 9.53 Å². The summed E-state index contributed by atoms with van der Waals surface area (Å²) < 4.78 is 6.43. The third-order valence-electron chi connectivity index (χ3n) is 5.82. The summed E-state index contributed by atoms with van der Waals surface area (Å²) in [5.74, 6) is -0.292. The zero-order valence-electron chi connectivity index (χ0n) is 18.2. The lowest BCUT2D eigenvalue weighted by Gasteiger charge is -2.29. The molecule has 1 aromatic carbocycles. The van der Waals surface area contributed by atoms with Crippen molar-refractivity contribution in [1.82, 2.24) is 14.5 Å². The summed E-state index contributed by atoms with van der Waals surface area (Å²) in [6.07, 6.45) is 4.44. The fourth-order valence-electron chi connectivity index (χ4n) is 4.08. The van der Waals surface area contributed by atoms with Gasteiger partial charge in [-0.25, -0.2) is 4.79 Å². The molecule has 3 rings (SSSR count). The number of nitrogens with one attached hydrogen (secondary N) is 1. The molecule has 0 atom stereocenters. The number of ether oxygens (including phenoxy) is 1. The molecule has 1 heterocycles. The molecule has 1 aliphatic carbocycles. The van der Waals surface area contributed by atoms with E-state index in [-0.39, 0.29) is 43.7 Å². The Labute approximate surface area is 181 Å². The first-order valence-corrected chi connectivity index (χ1v) is 10.6. The summed E-state index contributed by atoms with van der Waals surface area (Å²) in [4.78, 5) is 44.1. The summed E-state index contributed by atoms with van der Waals surface area (Å²) in [5.41, 5.74) is 5.83. The smallest absolute Gasteiger partial charge is 0.330 e. The van der Waals surface area contributed by atoms with Crippen LogP contribution in [0.15, 0.2) is 39.9 Å². The minimum atomic E-state index is -0.681. The standard InChI is InChI=1S/C22H31N5O4/c1-25(17-10-6-7-11-17)15-18(28)26(12-13-31-2)19-20(23)27(22(30)24-21(19)29)14-16-8-4-3-5-9-16/h3-5,8-9,17H,6-7,10-15,23H2,1-2H3,(H,24,29,30). The summed E-state index contributed by atoms with van der Waals surface area (Å²) in [5, 5.41) is 0. The van der Waals surface area contributed by atoms with Gasteiger partial charge in [0.2, 0.25) is 5.91 Å². The van der Waals surface area contributed by atoms with Gasteiger partial charge in [0.15, 0.2) is 5.69 Å². The normalized spacial score (nSPS) is 14.3. The molecule has 0 aliphatic heterocycles. The van der Waals surface area contributed by atoms with Gasteiger partial charge in [0.25, 0.3) is 5.56 Å². The van der Waals surface area contributed by atoms with E-state index in [1.165, 1.54) is 16.6 Å². The van der Waals surface area contributed by atoms with Gasteiger partial charge in [0.05, 0.1) is 19.7 Å². The molecule has 0 spiro atoms. The molecule has 1 aliphatic rings. The molecule has 168 valence electrons. The van der Waals surface area contributed by atoms with E-state index in [1.54, 1.807) is 0 Å². The van der Waals surface area contributed by atoms with Crippen LogP contribution in [-0.4, -0.2) is 60.3 Å². The molecule has 3 N–H and O–H groups in total. The number of aromatic nitrogens is 2. The topological polar surface area (TPSA) is 114 Å². The van der Waals surface area contributed by atoms with Gasteiger partial charge in [0, 0.05) is 19.7 Å². The molecule has 1 amide bonds. The van der Waals surface area contributed by atoms with E-state index in [0.29, 0.717) is 6.04 Å². The van der Waals surface area contributed by atoms with Gasteiger partial charge in [-0.05, 0) is 25.5 Å². The number of nitrogen functional groups attached to an aromatic ring is 1. The highest BCUT2D eigenvalue weighted by atomic mass is 16.5. The van der Waals surface area contributed by atoms with Crippen LogP contribution in [-0.2, 0) is 16.1 Å². The van der Waals surface area contributed by atoms with E-state index in [1.807, 2.05) is 42.3 Å². The van der Waals surface area contributed by atoms with Gasteiger partial charge in [-0.1, -0.05) is 43.2 Å². The zero-order valence-corrected chi connectivity index (χ0v) is 18.2. The maximum absolute atomic E-state index is 13.2. The second-order valence-electron chi connectivity index (χ2n) is 7.96. The molecule has 1 saturated carbocycles. The lowest BCUT2D eigenvalue weighted by Crippen LogP contribution is -2.47. The highest BCUT2D eigenvalue weighted by Gasteiger charge is 2.27. The Bertz CT molecular complexity index is 995. The number of benzene rings is 1. The lowest BCUT2D eigenvalue weighted by atomic mass is 10.2. The number of hydrogen-bond donors (Lipinski definition) is 2. The van der Waals surface area contributed by atoms with Gasteiger partial charge in [-0.3, -0.25) is 24.0 Å². The van der Waals surface area contributed by atoms with Crippen molar-refractivity contribution >= 4 is 17.4 Å². The number of nitrogens with two attached hydrogens (primary N) is 1. The third-order valence-corrected chi connectivity index (χ3v) is 5.82. The van der Waals surface area contributed by atoms with Crippen molar-refractivity contribution in [3.63, 3.8) is 0 Å². The summed E-state index contributed by atoms with van der Waals surface area (Å²) >= 11 is 0. The number of rotatable bonds is 9. The predicted octanol–water partition coefficient (Wildman–Crippen LogP) is 1.02. The first kappa shape index (κ1) is 22.8. The van der Waals surface area contributed by atoms with Crippen LogP contribution in [0.2, 0.25) is 0 Å². The quantitative estimate of drug-likeness (QED) is 0.615. The summed E-state index contributed by atoms with van der Waals surface area (Å²) in [6, 6.07) is 9.67. The molecule has 1 fully saturated rings. The lowest BCUT2D eigenvalue weighted by molar-refractivity contribution is -0.120. The number of nitrogens with zero attached hydrogens (tertiary/aromatic N) is 3. The fourth-order valence-corrected chi connectivity index (χ4v) is 4.08. The molecule has 9 nitrogen and oxygen atoms in total. The highest BCUT2D eigenvalue weighted by molar-refractivity contribution is 5.96. The van der Waals surface area contributed by atoms with Crippen LogP contribution < -0.4 is 21.9 Å². The van der Waals surface area contributed by atoms with Gasteiger partial charge in [0.1, 0.15) is 5.82 Å². The Balaban J connectivity index is 1.94. The predicted molar refractivity (Wildman–Crippen MR) is 120 cm³/mol. The van der Waals surface area contributed by atoms with E-state index in [2.05, 4.69) is 4.98 Å². The van der Waals surface area contributed by atoms with E-state index < -0.39 is 11.2 Å². The number of hydrogen-bond acceptors (Lipinski definition) is 6. The number of anilines is 2. The molecule has 0 bridgehead atoms. The second kappa shape index (κ2) is 10.4. The first-order valence-electron chi connectivity index (χ1n) is 10.6. The highest BCUT2D eigenvalue weighted by Crippen LogP contribution is 2.23. The Hall–Kier alpha value is -2.91. The van der Waals surface area contributed by atoms with Gasteiger partial charge in [-0.2, -0.15) is 0 Å². The maximum Gasteiger partial charge on any atom is 0.330 e. The van der Waals surface area contributed by atoms with Crippen molar-refractivity contribution in [1.29, 1.82) is 0 Å². The number of carbonyl (C=O) groups is 1. The van der Waals surface area contributed by atoms with Crippen LogP contribution in [0.1, 0.15) is 31.2 Å². The Morgan fingerprint density at radius 1 is 1.23 bits per heavy atom. The van der Waals surface area contributed by atoms with Crippen LogP contribution in [0.3, 0.4) is 0 Å². The largest absolute Gasteiger partial charge is 0.383 e. The average molecular weight is 430 g/mol. The molecule has 0 unspecified atom stereocenters. The van der Waals surface area contributed by atoms with Crippen LogP contribution in [0.25, 0.3) is 0 Å². The van der Waals surface area contributed by atoms with Crippen molar-refractivity contribution in [2.24, 2.45) is 0 Å². The molecule has 1 aromatic heterocycles. The number of amides is 1. The number of carbonyl (C=O) groups excluding carboxylic acids is 1. The fraction of sp³-hybridized carbons (Fsp3) is 0.500. The van der Waals surface area contributed by atoms with Gasteiger partial charge >= 0.3 is 5.69 Å². The molecule has 0 radical (unpaired) electrons. The van der Waals surface area contributed by atoms with Gasteiger partial charge < -0.3 is 15.4 Å². The minimum Gasteiger partial charge on any atom is -0.383 e. The van der Waals surface area contributed by atoms with Crippen molar-refractivity contribution in [2.75, 3.05) is 44.5 Å². The van der Waals surface area contributed by atoms with Gasteiger partial charge in [-0.15, -0.1) is 0 Å². The van der Waals surface area contributed by atoms with E-state index >= 15 is 0 Å². The third kappa shape index (κ3) is 5.42. The number of aromatic amines is 1. The molecular weight excluding hydrogens is 398 g/mol. The SMILES string of the molecule is COCCN(C(=O)CN(C)C1CCCC1)c1c(N)n(Cc2ccccc2)c(=O)[nH]c1=O. The van der Waals surface area contributed by atoms with E-state index in [0.717, 1.165) is 31.2 Å². The van der Waals surface area contributed by atoms with E-state index in [4.69, 9.17) is 10.5 Å². The van der Waals surface area contributed by atoms with Crippen molar-refractivity contribution in [2.45, 2.75) is 38.3 Å². The number of methoxy groups -OCH3 is 1. The Morgan fingerprint density at radius 3 is 2.55 bits per heavy atom. The number of H-pyrrole nitrogens is 1. The van der Waals surface area contributed by atoms with Crippen molar-refractivity contribution in [3.05, 3.63) is 56.7 Å². The summed E-state index contributed by atoms with van der Waals surface area (Å²) in [6.45, 7) is 0.731. The van der Waals surface area contributed by atoms with E-state index in [9.17, 15) is 14.4 Å².